The number of benzene rings is 2. The Hall–Kier alpha value is -3.50. The number of carbonyl (C=O) groups is 1. The molecule has 5 rings (SSSR count). The molecule has 2 aromatic carbocycles. The van der Waals surface area contributed by atoms with E-state index in [1.807, 2.05) is 19.9 Å². The van der Waals surface area contributed by atoms with Crippen molar-refractivity contribution < 1.29 is 17.9 Å². The number of H-pyrrole nitrogens is 1. The second-order valence-corrected chi connectivity index (χ2v) is 13.5. The number of anilines is 1. The van der Waals surface area contributed by atoms with Crippen LogP contribution in [0.5, 0.6) is 0 Å². The first-order valence-corrected chi connectivity index (χ1v) is 15.6. The van der Waals surface area contributed by atoms with Gasteiger partial charge in [-0.1, -0.05) is 25.1 Å². The zero-order chi connectivity index (χ0) is 28.9. The van der Waals surface area contributed by atoms with Gasteiger partial charge in [-0.3, -0.25) is 9.52 Å². The molecule has 2 heterocycles. The van der Waals surface area contributed by atoms with E-state index in [9.17, 15) is 18.0 Å². The molecular formula is C30H33N3O5S2. The second kappa shape index (κ2) is 10.5. The van der Waals surface area contributed by atoms with Gasteiger partial charge < -0.3 is 9.72 Å². The maximum Gasteiger partial charge on any atom is 0.340 e. The maximum absolute atomic E-state index is 13.5. The van der Waals surface area contributed by atoms with Crippen molar-refractivity contribution >= 4 is 43.2 Å². The molecule has 2 atom stereocenters. The maximum atomic E-state index is 13.5. The highest BCUT2D eigenvalue weighted by Crippen LogP contribution is 2.36. The summed E-state index contributed by atoms with van der Waals surface area (Å²) in [6.45, 7) is 11.1. The highest BCUT2D eigenvalue weighted by atomic mass is 32.2. The Morgan fingerprint density at radius 3 is 2.52 bits per heavy atom. The van der Waals surface area contributed by atoms with Gasteiger partial charge in [-0.05, 0) is 99.7 Å². The number of nitrogens with one attached hydrogen (secondary N) is 2. The lowest BCUT2D eigenvalue weighted by molar-refractivity contribution is 0.0321. The number of aromatic amines is 1. The van der Waals surface area contributed by atoms with Crippen LogP contribution in [0, 0.1) is 33.6 Å². The monoisotopic (exact) mass is 579 g/mol. The van der Waals surface area contributed by atoms with Crippen molar-refractivity contribution in [3.05, 3.63) is 84.8 Å². The van der Waals surface area contributed by atoms with Gasteiger partial charge in [0.2, 0.25) is 0 Å². The zero-order valence-corrected chi connectivity index (χ0v) is 25.1. The lowest BCUT2D eigenvalue weighted by Crippen LogP contribution is -2.21. The van der Waals surface area contributed by atoms with Crippen molar-refractivity contribution in [3.8, 4) is 0 Å². The van der Waals surface area contributed by atoms with Gasteiger partial charge in [0.15, 0.2) is 11.9 Å². The number of thiophene rings is 1. The standard InChI is InChI=1S/C30H33N3O5S2/c1-15-11-12-22-24(13-15)39-29-25(22)28(34)31-27(32-29)20(6)38-30(35)21-9-7-8-10-23(21)33-40(36,37)26-18(4)16(2)14-17(3)19(26)5/h7-10,14-15,20,33H,11-13H2,1-6H3,(H,31,32,34)/t15-,20+/m0/s1. The minimum atomic E-state index is -4.01. The smallest absolute Gasteiger partial charge is 0.340 e. The molecule has 0 saturated heterocycles. The van der Waals surface area contributed by atoms with E-state index in [2.05, 4.69) is 21.6 Å². The molecule has 2 N–H and O–H groups in total. The van der Waals surface area contributed by atoms with Gasteiger partial charge >= 0.3 is 5.97 Å². The molecule has 0 fully saturated rings. The van der Waals surface area contributed by atoms with Crippen LogP contribution in [0.3, 0.4) is 0 Å². The summed E-state index contributed by atoms with van der Waals surface area (Å²) in [6.07, 6.45) is 1.97. The molecule has 0 radical (unpaired) electrons. The van der Waals surface area contributed by atoms with E-state index in [1.54, 1.807) is 32.9 Å². The largest absolute Gasteiger partial charge is 0.451 e. The summed E-state index contributed by atoms with van der Waals surface area (Å²) < 4.78 is 35.3. The highest BCUT2D eigenvalue weighted by molar-refractivity contribution is 7.92. The van der Waals surface area contributed by atoms with Gasteiger partial charge in [0.05, 0.1) is 21.5 Å². The number of sulfonamides is 1. The summed E-state index contributed by atoms with van der Waals surface area (Å²) in [6, 6.07) is 8.26. The predicted molar refractivity (Wildman–Crippen MR) is 158 cm³/mol. The summed E-state index contributed by atoms with van der Waals surface area (Å²) in [5.41, 5.74) is 4.05. The number of fused-ring (bicyclic) bond motifs is 3. The fourth-order valence-corrected chi connectivity index (χ4v) is 8.46. The number of para-hydroxylation sites is 1. The molecule has 10 heteroatoms. The fourth-order valence-electron chi connectivity index (χ4n) is 5.37. The zero-order valence-electron chi connectivity index (χ0n) is 23.5. The number of aryl methyl sites for hydroxylation is 3. The first-order chi connectivity index (χ1) is 18.9. The average Bonchev–Trinajstić information content (AvgIpc) is 3.25. The minimum absolute atomic E-state index is 0.0570. The molecule has 0 spiro atoms. The van der Waals surface area contributed by atoms with E-state index >= 15 is 0 Å². The van der Waals surface area contributed by atoms with Gasteiger partial charge in [-0.15, -0.1) is 11.3 Å². The Kier molecular flexibility index (Phi) is 7.35. The van der Waals surface area contributed by atoms with Crippen LogP contribution >= 0.6 is 11.3 Å². The van der Waals surface area contributed by atoms with E-state index in [4.69, 9.17) is 4.74 Å². The lowest BCUT2D eigenvalue weighted by Gasteiger charge is -2.18. The van der Waals surface area contributed by atoms with Crippen molar-refractivity contribution in [3.63, 3.8) is 0 Å². The fraction of sp³-hybridized carbons (Fsp3) is 0.367. The average molecular weight is 580 g/mol. The summed E-state index contributed by atoms with van der Waals surface area (Å²) in [4.78, 5) is 35.8. The molecule has 0 unspecified atom stereocenters. The molecule has 2 aromatic heterocycles. The highest BCUT2D eigenvalue weighted by Gasteiger charge is 2.27. The molecule has 40 heavy (non-hydrogen) atoms. The number of aromatic nitrogens is 2. The van der Waals surface area contributed by atoms with Crippen molar-refractivity contribution in [1.82, 2.24) is 9.97 Å². The summed E-state index contributed by atoms with van der Waals surface area (Å²) in [5, 5.41) is 0.630. The molecule has 0 bridgehead atoms. The second-order valence-electron chi connectivity index (χ2n) is 10.8. The molecular weight excluding hydrogens is 546 g/mol. The number of hydrogen-bond acceptors (Lipinski definition) is 7. The van der Waals surface area contributed by atoms with Gasteiger partial charge in [-0.25, -0.2) is 18.2 Å². The molecule has 8 nitrogen and oxygen atoms in total. The van der Waals surface area contributed by atoms with Gasteiger partial charge in [0.25, 0.3) is 15.6 Å². The van der Waals surface area contributed by atoms with Crippen molar-refractivity contribution in [1.29, 1.82) is 0 Å². The van der Waals surface area contributed by atoms with Crippen LogP contribution < -0.4 is 10.3 Å². The molecule has 210 valence electrons. The quantitative estimate of drug-likeness (QED) is 0.268. The van der Waals surface area contributed by atoms with E-state index in [0.29, 0.717) is 27.3 Å². The Morgan fingerprint density at radius 1 is 1.15 bits per heavy atom. The number of esters is 1. The van der Waals surface area contributed by atoms with Crippen LogP contribution in [0.15, 0.2) is 40.0 Å². The van der Waals surface area contributed by atoms with Crippen LogP contribution in [-0.4, -0.2) is 24.4 Å². The third-order valence-corrected chi connectivity index (χ3v) is 10.6. The van der Waals surface area contributed by atoms with E-state index in [1.165, 1.54) is 28.3 Å². The third kappa shape index (κ3) is 5.06. The molecule has 0 amide bonds. The molecule has 1 aliphatic carbocycles. The van der Waals surface area contributed by atoms with Gasteiger partial charge in [0, 0.05) is 4.88 Å². The molecule has 0 saturated carbocycles. The van der Waals surface area contributed by atoms with Crippen LogP contribution in [0.25, 0.3) is 10.2 Å². The Morgan fingerprint density at radius 2 is 1.82 bits per heavy atom. The molecule has 4 aromatic rings. The number of carbonyl (C=O) groups excluding carboxylic acids is 1. The first kappa shape index (κ1) is 28.0. The van der Waals surface area contributed by atoms with Crippen LogP contribution in [0.1, 0.15) is 75.2 Å². The molecule has 1 aliphatic rings. The van der Waals surface area contributed by atoms with Gasteiger partial charge in [-0.2, -0.15) is 0 Å². The minimum Gasteiger partial charge on any atom is -0.451 e. The SMILES string of the molecule is Cc1cc(C)c(C)c(S(=O)(=O)Nc2ccccc2C(=O)O[C@H](C)c2nc3sc4c(c3c(=O)[nH]2)CC[C@H](C)C4)c1C. The van der Waals surface area contributed by atoms with Crippen LogP contribution in [-0.2, 0) is 27.6 Å². The van der Waals surface area contributed by atoms with Crippen molar-refractivity contribution in [2.75, 3.05) is 4.72 Å². The Bertz CT molecular complexity index is 1800. The van der Waals surface area contributed by atoms with Crippen LogP contribution in [0.4, 0.5) is 5.69 Å². The number of nitrogens with zero attached hydrogens (tertiary/aromatic N) is 1. The third-order valence-electron chi connectivity index (χ3n) is 7.81. The van der Waals surface area contributed by atoms with E-state index < -0.39 is 22.1 Å². The van der Waals surface area contributed by atoms with Crippen molar-refractivity contribution in [2.24, 2.45) is 5.92 Å². The Labute approximate surface area is 237 Å². The molecule has 0 aliphatic heterocycles. The number of ether oxygens (including phenoxy) is 1. The number of hydrogen-bond donors (Lipinski definition) is 2. The summed E-state index contributed by atoms with van der Waals surface area (Å²) >= 11 is 1.53. The van der Waals surface area contributed by atoms with E-state index in [0.717, 1.165) is 36.0 Å². The van der Waals surface area contributed by atoms with E-state index in [-0.39, 0.29) is 27.5 Å². The normalized spacial score (nSPS) is 16.0. The van der Waals surface area contributed by atoms with Gasteiger partial charge in [0.1, 0.15) is 4.83 Å². The predicted octanol–water partition coefficient (Wildman–Crippen LogP) is 6.06. The summed E-state index contributed by atoms with van der Waals surface area (Å²) in [5.74, 6) is 0.0815. The Balaban J connectivity index is 1.42. The topological polar surface area (TPSA) is 118 Å². The van der Waals surface area contributed by atoms with Crippen LogP contribution in [0.2, 0.25) is 0 Å². The van der Waals surface area contributed by atoms with Crippen molar-refractivity contribution in [2.45, 2.75) is 71.8 Å². The summed E-state index contributed by atoms with van der Waals surface area (Å²) in [7, 11) is -4.01. The lowest BCUT2D eigenvalue weighted by atomic mass is 9.89. The first-order valence-electron chi connectivity index (χ1n) is 13.3. The number of rotatable bonds is 6.